The number of nitrogens with one attached hydrogen (secondary N) is 2. The minimum absolute atomic E-state index is 0.0446. The van der Waals surface area contributed by atoms with E-state index in [1.165, 1.54) is 19.3 Å². The fourth-order valence-electron chi connectivity index (χ4n) is 3.64. The van der Waals surface area contributed by atoms with Crippen LogP contribution < -0.4 is 10.6 Å². The van der Waals surface area contributed by atoms with Crippen molar-refractivity contribution in [1.82, 2.24) is 20.2 Å². The molecule has 0 spiro atoms. The predicted molar refractivity (Wildman–Crippen MR) is 102 cm³/mol. The standard InChI is InChI=1S/C19H29N5O3/c1-2-27-19(26)24-10-8-16(9-11-24)22-17(25)14-12-20-18(21-13-14)23-15-6-4-3-5-7-15/h12-13,15-16H,2-11H2,1H3,(H,22,25)(H,20,21,23). The van der Waals surface area contributed by atoms with Crippen molar-refractivity contribution in [2.45, 2.75) is 64.0 Å². The molecule has 1 aliphatic heterocycles. The van der Waals surface area contributed by atoms with Gasteiger partial charge in [-0.05, 0) is 32.6 Å². The van der Waals surface area contributed by atoms with Crippen LogP contribution in [0.1, 0.15) is 62.2 Å². The summed E-state index contributed by atoms with van der Waals surface area (Å²) in [7, 11) is 0. The molecule has 8 heteroatoms. The molecule has 2 aliphatic rings. The highest BCUT2D eigenvalue weighted by molar-refractivity contribution is 5.93. The molecule has 8 nitrogen and oxygen atoms in total. The number of piperidine rings is 1. The molecule has 2 amide bonds. The third kappa shape index (κ3) is 5.55. The first-order valence-corrected chi connectivity index (χ1v) is 9.97. The summed E-state index contributed by atoms with van der Waals surface area (Å²) in [6, 6.07) is 0.478. The number of carbonyl (C=O) groups is 2. The number of anilines is 1. The van der Waals surface area contributed by atoms with Crippen molar-refractivity contribution in [2.75, 3.05) is 25.0 Å². The molecular formula is C19H29N5O3. The molecule has 1 saturated carbocycles. The molecule has 0 radical (unpaired) electrons. The Morgan fingerprint density at radius 1 is 1.07 bits per heavy atom. The molecule has 2 fully saturated rings. The minimum Gasteiger partial charge on any atom is -0.450 e. The molecule has 0 atom stereocenters. The number of nitrogens with zero attached hydrogens (tertiary/aromatic N) is 3. The van der Waals surface area contributed by atoms with Gasteiger partial charge in [0.05, 0.1) is 12.2 Å². The van der Waals surface area contributed by atoms with Gasteiger partial charge in [-0.3, -0.25) is 4.79 Å². The lowest BCUT2D eigenvalue weighted by molar-refractivity contribution is 0.0859. The summed E-state index contributed by atoms with van der Waals surface area (Å²) in [5.41, 5.74) is 0.456. The number of likely N-dealkylation sites (tertiary alicyclic amines) is 1. The van der Waals surface area contributed by atoms with Crippen LogP contribution in [0.4, 0.5) is 10.7 Å². The molecule has 148 valence electrons. The third-order valence-corrected chi connectivity index (χ3v) is 5.21. The number of hydrogen-bond acceptors (Lipinski definition) is 6. The van der Waals surface area contributed by atoms with E-state index in [0.717, 1.165) is 12.8 Å². The van der Waals surface area contributed by atoms with Crippen LogP contribution in [0, 0.1) is 0 Å². The molecule has 0 unspecified atom stereocenters. The minimum atomic E-state index is -0.281. The van der Waals surface area contributed by atoms with E-state index in [4.69, 9.17) is 4.74 Å². The highest BCUT2D eigenvalue weighted by atomic mass is 16.6. The average molecular weight is 375 g/mol. The van der Waals surface area contributed by atoms with Crippen molar-refractivity contribution in [1.29, 1.82) is 0 Å². The van der Waals surface area contributed by atoms with Crippen LogP contribution in [0.3, 0.4) is 0 Å². The first-order valence-electron chi connectivity index (χ1n) is 9.97. The summed E-state index contributed by atoms with van der Waals surface area (Å²) < 4.78 is 5.01. The molecule has 1 aromatic rings. The van der Waals surface area contributed by atoms with E-state index in [2.05, 4.69) is 20.6 Å². The van der Waals surface area contributed by atoms with E-state index in [1.807, 2.05) is 0 Å². The van der Waals surface area contributed by atoms with Crippen molar-refractivity contribution in [3.8, 4) is 0 Å². The van der Waals surface area contributed by atoms with E-state index in [0.29, 0.717) is 50.1 Å². The smallest absolute Gasteiger partial charge is 0.409 e. The lowest BCUT2D eigenvalue weighted by Gasteiger charge is -2.31. The second-order valence-electron chi connectivity index (χ2n) is 7.21. The van der Waals surface area contributed by atoms with Crippen LogP contribution in [-0.2, 0) is 4.74 Å². The van der Waals surface area contributed by atoms with Crippen LogP contribution in [-0.4, -0.2) is 58.6 Å². The van der Waals surface area contributed by atoms with Crippen LogP contribution in [0.5, 0.6) is 0 Å². The zero-order chi connectivity index (χ0) is 19.1. The first kappa shape index (κ1) is 19.4. The van der Waals surface area contributed by atoms with E-state index in [-0.39, 0.29) is 18.0 Å². The molecule has 1 aromatic heterocycles. The molecule has 2 heterocycles. The molecular weight excluding hydrogens is 346 g/mol. The van der Waals surface area contributed by atoms with Gasteiger partial charge in [0.25, 0.3) is 5.91 Å². The van der Waals surface area contributed by atoms with Crippen molar-refractivity contribution < 1.29 is 14.3 Å². The van der Waals surface area contributed by atoms with Crippen LogP contribution in [0.25, 0.3) is 0 Å². The van der Waals surface area contributed by atoms with Gasteiger partial charge in [-0.25, -0.2) is 14.8 Å². The van der Waals surface area contributed by atoms with Crippen LogP contribution in [0.2, 0.25) is 0 Å². The number of hydrogen-bond donors (Lipinski definition) is 2. The van der Waals surface area contributed by atoms with Gasteiger partial charge >= 0.3 is 6.09 Å². The molecule has 1 aliphatic carbocycles. The van der Waals surface area contributed by atoms with Gasteiger partial charge in [0, 0.05) is 37.6 Å². The first-order chi connectivity index (χ1) is 13.2. The molecule has 3 rings (SSSR count). The zero-order valence-electron chi connectivity index (χ0n) is 15.9. The highest BCUT2D eigenvalue weighted by Crippen LogP contribution is 2.20. The van der Waals surface area contributed by atoms with Crippen molar-refractivity contribution in [3.63, 3.8) is 0 Å². The lowest BCUT2D eigenvalue weighted by Crippen LogP contribution is -2.46. The summed E-state index contributed by atoms with van der Waals surface area (Å²) in [5, 5.41) is 6.36. The Kier molecular flexibility index (Phi) is 6.84. The van der Waals surface area contributed by atoms with Gasteiger partial charge in [-0.2, -0.15) is 0 Å². The third-order valence-electron chi connectivity index (χ3n) is 5.21. The van der Waals surface area contributed by atoms with Gasteiger partial charge in [0.15, 0.2) is 0 Å². The molecule has 0 bridgehead atoms. The molecule has 0 aromatic carbocycles. The molecule has 27 heavy (non-hydrogen) atoms. The number of amides is 2. The van der Waals surface area contributed by atoms with Crippen LogP contribution >= 0.6 is 0 Å². The fourth-order valence-corrected chi connectivity index (χ4v) is 3.64. The summed E-state index contributed by atoms with van der Waals surface area (Å²) in [4.78, 5) is 34.4. The maximum Gasteiger partial charge on any atom is 0.409 e. The summed E-state index contributed by atoms with van der Waals surface area (Å²) in [5.74, 6) is 0.412. The number of rotatable bonds is 5. The van der Waals surface area contributed by atoms with Gasteiger partial charge in [0.1, 0.15) is 0 Å². The Morgan fingerprint density at radius 2 is 1.74 bits per heavy atom. The number of carbonyl (C=O) groups excluding carboxylic acids is 2. The Morgan fingerprint density at radius 3 is 2.37 bits per heavy atom. The van der Waals surface area contributed by atoms with Crippen molar-refractivity contribution >= 4 is 17.9 Å². The van der Waals surface area contributed by atoms with Gasteiger partial charge < -0.3 is 20.3 Å². The van der Waals surface area contributed by atoms with E-state index in [9.17, 15) is 9.59 Å². The van der Waals surface area contributed by atoms with Gasteiger partial charge in [-0.15, -0.1) is 0 Å². The topological polar surface area (TPSA) is 96.5 Å². The van der Waals surface area contributed by atoms with Gasteiger partial charge in [0.2, 0.25) is 5.95 Å². The Labute approximate surface area is 160 Å². The summed E-state index contributed by atoms with van der Waals surface area (Å²) >= 11 is 0. The van der Waals surface area contributed by atoms with E-state index >= 15 is 0 Å². The van der Waals surface area contributed by atoms with Crippen molar-refractivity contribution in [2.24, 2.45) is 0 Å². The maximum atomic E-state index is 12.4. The summed E-state index contributed by atoms with van der Waals surface area (Å²) in [6.45, 7) is 3.35. The number of aromatic nitrogens is 2. The van der Waals surface area contributed by atoms with Crippen LogP contribution in [0.15, 0.2) is 12.4 Å². The normalized spacial score (nSPS) is 18.8. The second kappa shape index (κ2) is 9.53. The Balaban J connectivity index is 1.45. The Hall–Kier alpha value is -2.38. The van der Waals surface area contributed by atoms with Crippen molar-refractivity contribution in [3.05, 3.63) is 18.0 Å². The lowest BCUT2D eigenvalue weighted by atomic mass is 9.96. The van der Waals surface area contributed by atoms with Gasteiger partial charge in [-0.1, -0.05) is 19.3 Å². The maximum absolute atomic E-state index is 12.4. The summed E-state index contributed by atoms with van der Waals surface area (Å²) in [6.07, 6.45) is 10.4. The Bertz CT molecular complexity index is 623. The number of ether oxygens (including phenoxy) is 1. The molecule has 1 saturated heterocycles. The zero-order valence-corrected chi connectivity index (χ0v) is 15.9. The average Bonchev–Trinajstić information content (AvgIpc) is 2.70. The highest BCUT2D eigenvalue weighted by Gasteiger charge is 2.25. The molecule has 2 N–H and O–H groups in total. The fraction of sp³-hybridized carbons (Fsp3) is 0.684. The largest absolute Gasteiger partial charge is 0.450 e. The second-order valence-corrected chi connectivity index (χ2v) is 7.21. The predicted octanol–water partition coefficient (Wildman–Crippen LogP) is 2.57. The van der Waals surface area contributed by atoms with E-state index in [1.54, 1.807) is 24.2 Å². The monoisotopic (exact) mass is 375 g/mol. The quantitative estimate of drug-likeness (QED) is 0.821. The van der Waals surface area contributed by atoms with E-state index < -0.39 is 0 Å². The SMILES string of the molecule is CCOC(=O)N1CCC(NC(=O)c2cnc(NC3CCCCC3)nc2)CC1.